The lowest BCUT2D eigenvalue weighted by Gasteiger charge is -2.34. The highest BCUT2D eigenvalue weighted by Crippen LogP contribution is 2.47. The number of pyridine rings is 1. The summed E-state index contributed by atoms with van der Waals surface area (Å²) in [5.41, 5.74) is 0.588. The highest BCUT2D eigenvalue weighted by Gasteiger charge is 2.40. The van der Waals surface area contributed by atoms with Crippen LogP contribution in [0.3, 0.4) is 0 Å². The van der Waals surface area contributed by atoms with Gasteiger partial charge in [0.15, 0.2) is 23.1 Å². The van der Waals surface area contributed by atoms with Gasteiger partial charge in [0, 0.05) is 55.2 Å². The Kier molecular flexibility index (Phi) is 8.39. The number of fused-ring (bicyclic) bond motifs is 1. The second-order valence-corrected chi connectivity index (χ2v) is 15.2. The van der Waals surface area contributed by atoms with Crippen LogP contribution in [0.25, 0.3) is 22.4 Å². The summed E-state index contributed by atoms with van der Waals surface area (Å²) in [5.74, 6) is -0.532. The van der Waals surface area contributed by atoms with E-state index in [-0.39, 0.29) is 36.0 Å². The van der Waals surface area contributed by atoms with Crippen molar-refractivity contribution in [1.29, 1.82) is 0 Å². The van der Waals surface area contributed by atoms with E-state index in [1.54, 1.807) is 31.2 Å². The van der Waals surface area contributed by atoms with Crippen LogP contribution in [0.15, 0.2) is 54.0 Å². The zero-order chi connectivity index (χ0) is 29.4. The summed E-state index contributed by atoms with van der Waals surface area (Å²) in [5, 5.41) is 3.98. The summed E-state index contributed by atoms with van der Waals surface area (Å²) in [6, 6.07) is 3.21. The third kappa shape index (κ3) is 5.84. The monoisotopic (exact) mass is 624 g/mol. The fraction of sp³-hybridized carbons (Fsp3) is 0.423. The summed E-state index contributed by atoms with van der Waals surface area (Å²) >= 11 is 6.17. The normalized spacial score (nSPS) is 22.2. The minimum absolute atomic E-state index is 0.0183. The molecule has 5 rings (SSSR count). The van der Waals surface area contributed by atoms with Crippen LogP contribution >= 0.6 is 19.2 Å². The molecule has 3 aromatic rings. The maximum absolute atomic E-state index is 14.9. The van der Waals surface area contributed by atoms with Crippen LogP contribution in [0.5, 0.6) is 0 Å². The minimum Gasteiger partial charge on any atom is -0.363 e. The van der Waals surface area contributed by atoms with E-state index in [9.17, 15) is 17.4 Å². The van der Waals surface area contributed by atoms with Gasteiger partial charge in [-0.15, -0.1) is 0 Å². The molecule has 0 spiro atoms. The summed E-state index contributed by atoms with van der Waals surface area (Å²) in [6.45, 7) is 2.77. The van der Waals surface area contributed by atoms with Gasteiger partial charge < -0.3 is 14.4 Å². The number of likely N-dealkylation sites (tertiary alicyclic amines) is 1. The number of rotatable bonds is 9. The van der Waals surface area contributed by atoms with Gasteiger partial charge in [-0.05, 0) is 57.0 Å². The highest BCUT2D eigenvalue weighted by molar-refractivity contribution is 7.91. The molecule has 0 bridgehead atoms. The molecule has 1 unspecified atom stereocenters. The maximum Gasteiger partial charge on any atom is 0.344 e. The first-order valence-electron chi connectivity index (χ1n) is 13.0. The SMILES string of the molecule is COP(=O)(CN1CCC[C@H](Nc2nc(-c3cn(S(=O)(=O)C4(C)C=C(Cl)C=CC4)c4ncccc34)ncc2F)C1)OC. The fourth-order valence-corrected chi connectivity index (χ4v) is 8.30. The van der Waals surface area contributed by atoms with Gasteiger partial charge >= 0.3 is 7.60 Å². The van der Waals surface area contributed by atoms with Crippen molar-refractivity contribution in [2.75, 3.05) is 38.9 Å². The predicted molar refractivity (Wildman–Crippen MR) is 156 cm³/mol. The molecule has 4 heterocycles. The number of piperidine rings is 1. The number of allylic oxidation sites excluding steroid dienone is 3. The second-order valence-electron chi connectivity index (χ2n) is 10.2. The van der Waals surface area contributed by atoms with Crippen LogP contribution in [-0.2, 0) is 23.6 Å². The Morgan fingerprint density at radius 2 is 2.07 bits per heavy atom. The van der Waals surface area contributed by atoms with Crippen molar-refractivity contribution >= 4 is 46.1 Å². The van der Waals surface area contributed by atoms with Gasteiger partial charge in [0.1, 0.15) is 11.0 Å². The number of anilines is 1. The topological polar surface area (TPSA) is 129 Å². The van der Waals surface area contributed by atoms with E-state index in [1.165, 1.54) is 32.7 Å². The predicted octanol–water partition coefficient (Wildman–Crippen LogP) is 4.97. The third-order valence-electron chi connectivity index (χ3n) is 7.38. The molecule has 3 aromatic heterocycles. The summed E-state index contributed by atoms with van der Waals surface area (Å²) in [4.78, 5) is 14.9. The highest BCUT2D eigenvalue weighted by atomic mass is 35.5. The van der Waals surface area contributed by atoms with Crippen molar-refractivity contribution in [3.8, 4) is 11.4 Å². The lowest BCUT2D eigenvalue weighted by Crippen LogP contribution is -2.42. The average Bonchev–Trinajstić information content (AvgIpc) is 3.35. The Bertz CT molecular complexity index is 1670. The number of nitrogens with zero attached hydrogens (tertiary/aromatic N) is 5. The lowest BCUT2D eigenvalue weighted by molar-refractivity contribution is 0.206. The molecule has 41 heavy (non-hydrogen) atoms. The Morgan fingerprint density at radius 1 is 1.29 bits per heavy atom. The van der Waals surface area contributed by atoms with Crippen LogP contribution < -0.4 is 5.32 Å². The largest absolute Gasteiger partial charge is 0.363 e. The van der Waals surface area contributed by atoms with Crippen LogP contribution in [0, 0.1) is 5.82 Å². The van der Waals surface area contributed by atoms with Crippen LogP contribution in [-0.4, -0.2) is 76.6 Å². The first-order valence-corrected chi connectivity index (χ1v) is 16.5. The summed E-state index contributed by atoms with van der Waals surface area (Å²) < 4.78 is 65.3. The van der Waals surface area contributed by atoms with E-state index in [1.807, 2.05) is 4.90 Å². The molecule has 1 N–H and O–H groups in total. The van der Waals surface area contributed by atoms with E-state index in [0.717, 1.165) is 23.0 Å². The zero-order valence-corrected chi connectivity index (χ0v) is 25.3. The van der Waals surface area contributed by atoms with Crippen molar-refractivity contribution < 1.29 is 26.4 Å². The van der Waals surface area contributed by atoms with Crippen LogP contribution in [0.1, 0.15) is 26.2 Å². The molecule has 2 atom stereocenters. The van der Waals surface area contributed by atoms with E-state index in [4.69, 9.17) is 20.6 Å². The Hall–Kier alpha value is -2.67. The molecule has 220 valence electrons. The van der Waals surface area contributed by atoms with Crippen LogP contribution in [0.4, 0.5) is 10.2 Å². The van der Waals surface area contributed by atoms with Crippen LogP contribution in [0.2, 0.25) is 0 Å². The number of halogens is 2. The maximum atomic E-state index is 14.9. The molecule has 1 aliphatic carbocycles. The molecular formula is C26H31ClFN6O5PS. The molecule has 11 nitrogen and oxygen atoms in total. The fourth-order valence-electron chi connectivity index (χ4n) is 5.13. The van der Waals surface area contributed by atoms with Crippen molar-refractivity contribution in [2.24, 2.45) is 0 Å². The molecule has 0 saturated carbocycles. The quantitative estimate of drug-likeness (QED) is 0.326. The molecular weight excluding hydrogens is 594 g/mol. The average molecular weight is 625 g/mol. The number of nitrogens with one attached hydrogen (secondary N) is 1. The molecule has 2 aliphatic rings. The van der Waals surface area contributed by atoms with E-state index >= 15 is 0 Å². The van der Waals surface area contributed by atoms with Gasteiger partial charge in [-0.3, -0.25) is 9.46 Å². The zero-order valence-electron chi connectivity index (χ0n) is 22.8. The van der Waals surface area contributed by atoms with E-state index in [0.29, 0.717) is 29.1 Å². The van der Waals surface area contributed by atoms with Gasteiger partial charge in [-0.1, -0.05) is 17.7 Å². The van der Waals surface area contributed by atoms with E-state index in [2.05, 4.69) is 20.3 Å². The van der Waals surface area contributed by atoms with Gasteiger partial charge in [-0.2, -0.15) is 0 Å². The molecule has 1 saturated heterocycles. The number of aromatic nitrogens is 4. The molecule has 1 aliphatic heterocycles. The van der Waals surface area contributed by atoms with Crippen molar-refractivity contribution in [1.82, 2.24) is 23.8 Å². The van der Waals surface area contributed by atoms with Gasteiger partial charge in [0.2, 0.25) is 10.0 Å². The third-order valence-corrected chi connectivity index (χ3v) is 11.7. The Labute approximate surface area is 243 Å². The molecule has 0 amide bonds. The molecule has 1 fully saturated rings. The smallest absolute Gasteiger partial charge is 0.344 e. The molecule has 0 aromatic carbocycles. The lowest BCUT2D eigenvalue weighted by atomic mass is 10.0. The Morgan fingerprint density at radius 3 is 2.80 bits per heavy atom. The Balaban J connectivity index is 1.47. The molecule has 0 radical (unpaired) electrons. The first-order chi connectivity index (χ1) is 19.5. The van der Waals surface area contributed by atoms with Crippen molar-refractivity contribution in [2.45, 2.75) is 37.0 Å². The van der Waals surface area contributed by atoms with Crippen molar-refractivity contribution in [3.05, 3.63) is 59.8 Å². The molecule has 15 heteroatoms. The van der Waals surface area contributed by atoms with Gasteiger partial charge in [0.25, 0.3) is 0 Å². The summed E-state index contributed by atoms with van der Waals surface area (Å²) in [7, 11) is -4.58. The standard InChI is InChI=1S/C26H31ClFN6O5PS/c1-26(10-4-7-18(27)13-26)41(36,37)34-16-21(20-9-5-11-29-25(20)34)23-30-14-22(28)24(32-23)31-19-8-6-12-33(15-19)17-40(35,38-2)39-3/h4-5,7,9,11,13-14,16,19H,6,8,10,12,15,17H2,1-3H3,(H,30,31,32)/t19-,26?/m0/s1. The van der Waals surface area contributed by atoms with Gasteiger partial charge in [0.05, 0.1) is 6.20 Å². The second kappa shape index (κ2) is 11.5. The number of hydrogen-bond donors (Lipinski definition) is 1. The van der Waals surface area contributed by atoms with Crippen molar-refractivity contribution in [3.63, 3.8) is 0 Å². The van der Waals surface area contributed by atoms with E-state index < -0.39 is 28.2 Å². The first kappa shape index (κ1) is 29.8. The summed E-state index contributed by atoms with van der Waals surface area (Å²) in [6.07, 6.45) is 10.8. The van der Waals surface area contributed by atoms with Gasteiger partial charge in [-0.25, -0.2) is 31.7 Å². The minimum atomic E-state index is -4.03. The number of hydrogen-bond acceptors (Lipinski definition) is 10.